The van der Waals surface area contributed by atoms with Gasteiger partial charge < -0.3 is 15.4 Å². The van der Waals surface area contributed by atoms with E-state index < -0.39 is 0 Å². The SMILES string of the molecule is COc1c(C)ccc(NC(=O)CN2CCNCC2)c1C. The first-order valence-corrected chi connectivity index (χ1v) is 6.99. The van der Waals surface area contributed by atoms with Crippen molar-refractivity contribution < 1.29 is 9.53 Å². The number of amides is 1. The van der Waals surface area contributed by atoms with Crippen molar-refractivity contribution in [3.8, 4) is 5.75 Å². The van der Waals surface area contributed by atoms with Crippen molar-refractivity contribution in [2.75, 3.05) is 45.2 Å². The van der Waals surface area contributed by atoms with E-state index in [2.05, 4.69) is 15.5 Å². The standard InChI is InChI=1S/C15H23N3O2/c1-11-4-5-13(12(2)15(11)20-3)17-14(19)10-18-8-6-16-7-9-18/h4-5,16H,6-10H2,1-3H3,(H,17,19). The van der Waals surface area contributed by atoms with E-state index >= 15 is 0 Å². The van der Waals surface area contributed by atoms with Crippen molar-refractivity contribution in [3.63, 3.8) is 0 Å². The molecular weight excluding hydrogens is 254 g/mol. The Morgan fingerprint density at radius 1 is 1.35 bits per heavy atom. The number of piperazine rings is 1. The number of hydrogen-bond acceptors (Lipinski definition) is 4. The lowest BCUT2D eigenvalue weighted by Gasteiger charge is -2.26. The molecule has 1 aliphatic heterocycles. The van der Waals surface area contributed by atoms with Crippen molar-refractivity contribution in [1.82, 2.24) is 10.2 Å². The summed E-state index contributed by atoms with van der Waals surface area (Å²) in [5, 5.41) is 6.26. The third kappa shape index (κ3) is 3.49. The molecule has 1 amide bonds. The highest BCUT2D eigenvalue weighted by molar-refractivity contribution is 5.93. The molecule has 1 saturated heterocycles. The quantitative estimate of drug-likeness (QED) is 0.867. The third-order valence-corrected chi connectivity index (χ3v) is 3.66. The molecule has 2 N–H and O–H groups in total. The summed E-state index contributed by atoms with van der Waals surface area (Å²) in [7, 11) is 1.65. The largest absolute Gasteiger partial charge is 0.496 e. The van der Waals surface area contributed by atoms with Crippen molar-refractivity contribution >= 4 is 11.6 Å². The zero-order chi connectivity index (χ0) is 14.5. The van der Waals surface area contributed by atoms with Gasteiger partial charge in [0.05, 0.1) is 13.7 Å². The first-order valence-electron chi connectivity index (χ1n) is 6.99. The minimum Gasteiger partial charge on any atom is -0.496 e. The van der Waals surface area contributed by atoms with E-state index in [1.807, 2.05) is 26.0 Å². The lowest BCUT2D eigenvalue weighted by molar-refractivity contribution is -0.117. The number of methoxy groups -OCH3 is 1. The molecule has 0 unspecified atom stereocenters. The fraction of sp³-hybridized carbons (Fsp3) is 0.533. The highest BCUT2D eigenvalue weighted by Gasteiger charge is 2.15. The van der Waals surface area contributed by atoms with Crippen LogP contribution in [-0.2, 0) is 4.79 Å². The van der Waals surface area contributed by atoms with Crippen LogP contribution in [0.5, 0.6) is 5.75 Å². The summed E-state index contributed by atoms with van der Waals surface area (Å²) >= 11 is 0. The van der Waals surface area contributed by atoms with Crippen LogP contribution in [-0.4, -0.2) is 50.6 Å². The molecule has 1 aromatic rings. The van der Waals surface area contributed by atoms with Gasteiger partial charge in [0, 0.05) is 37.4 Å². The van der Waals surface area contributed by atoms with Crippen LogP contribution in [0.1, 0.15) is 11.1 Å². The second-order valence-corrected chi connectivity index (χ2v) is 5.16. The predicted octanol–water partition coefficient (Wildman–Crippen LogP) is 1.16. The van der Waals surface area contributed by atoms with Gasteiger partial charge in [-0.15, -0.1) is 0 Å². The Hall–Kier alpha value is -1.59. The number of hydrogen-bond donors (Lipinski definition) is 2. The van der Waals surface area contributed by atoms with Crippen molar-refractivity contribution in [2.45, 2.75) is 13.8 Å². The average molecular weight is 277 g/mol. The Kier molecular flexibility index (Phi) is 4.98. The second-order valence-electron chi connectivity index (χ2n) is 5.16. The number of ether oxygens (including phenoxy) is 1. The number of aryl methyl sites for hydroxylation is 1. The van der Waals surface area contributed by atoms with Gasteiger partial charge in [-0.1, -0.05) is 6.07 Å². The van der Waals surface area contributed by atoms with E-state index in [0.717, 1.165) is 48.7 Å². The molecule has 20 heavy (non-hydrogen) atoms. The van der Waals surface area contributed by atoms with Gasteiger partial charge in [0.25, 0.3) is 0 Å². The number of carbonyl (C=O) groups excluding carboxylic acids is 1. The van der Waals surface area contributed by atoms with E-state index in [9.17, 15) is 4.79 Å². The minimum absolute atomic E-state index is 0.0286. The molecule has 0 saturated carbocycles. The number of nitrogens with one attached hydrogen (secondary N) is 2. The molecule has 5 nitrogen and oxygen atoms in total. The van der Waals surface area contributed by atoms with Crippen molar-refractivity contribution in [1.29, 1.82) is 0 Å². The smallest absolute Gasteiger partial charge is 0.238 e. The Bertz CT molecular complexity index is 482. The van der Waals surface area contributed by atoms with E-state index in [1.54, 1.807) is 7.11 Å². The normalized spacial score (nSPS) is 15.9. The first-order chi connectivity index (χ1) is 9.61. The van der Waals surface area contributed by atoms with E-state index in [-0.39, 0.29) is 5.91 Å². The van der Waals surface area contributed by atoms with Crippen LogP contribution in [0.4, 0.5) is 5.69 Å². The fourth-order valence-corrected chi connectivity index (χ4v) is 2.54. The Morgan fingerprint density at radius 3 is 2.70 bits per heavy atom. The second kappa shape index (κ2) is 6.72. The van der Waals surface area contributed by atoms with Gasteiger partial charge in [-0.3, -0.25) is 9.69 Å². The molecule has 1 heterocycles. The van der Waals surface area contributed by atoms with E-state index in [0.29, 0.717) is 6.54 Å². The predicted molar refractivity (Wildman–Crippen MR) is 80.4 cm³/mol. The zero-order valence-corrected chi connectivity index (χ0v) is 12.5. The molecule has 5 heteroatoms. The monoisotopic (exact) mass is 277 g/mol. The number of anilines is 1. The van der Waals surface area contributed by atoms with Crippen LogP contribution in [0.15, 0.2) is 12.1 Å². The number of carbonyl (C=O) groups is 1. The average Bonchev–Trinajstić information content (AvgIpc) is 2.44. The maximum atomic E-state index is 12.1. The van der Waals surface area contributed by atoms with Gasteiger partial charge in [0.2, 0.25) is 5.91 Å². The minimum atomic E-state index is 0.0286. The van der Waals surface area contributed by atoms with Crippen LogP contribution in [0, 0.1) is 13.8 Å². The number of benzene rings is 1. The van der Waals surface area contributed by atoms with Crippen LogP contribution in [0.2, 0.25) is 0 Å². The molecular formula is C15H23N3O2. The molecule has 1 aliphatic rings. The van der Waals surface area contributed by atoms with Crippen LogP contribution in [0.3, 0.4) is 0 Å². The highest BCUT2D eigenvalue weighted by Crippen LogP contribution is 2.29. The maximum Gasteiger partial charge on any atom is 0.238 e. The molecule has 1 fully saturated rings. The highest BCUT2D eigenvalue weighted by atomic mass is 16.5. The number of nitrogens with zero attached hydrogens (tertiary/aromatic N) is 1. The fourth-order valence-electron chi connectivity index (χ4n) is 2.54. The van der Waals surface area contributed by atoms with Gasteiger partial charge >= 0.3 is 0 Å². The van der Waals surface area contributed by atoms with Crippen LogP contribution < -0.4 is 15.4 Å². The Labute approximate surface area is 120 Å². The molecule has 1 aromatic carbocycles. The lowest BCUT2D eigenvalue weighted by atomic mass is 10.1. The summed E-state index contributed by atoms with van der Waals surface area (Å²) in [5.74, 6) is 0.867. The van der Waals surface area contributed by atoms with Gasteiger partial charge in [-0.2, -0.15) is 0 Å². The molecule has 2 rings (SSSR count). The van der Waals surface area contributed by atoms with Crippen LogP contribution in [0.25, 0.3) is 0 Å². The molecule has 0 spiro atoms. The van der Waals surface area contributed by atoms with Gasteiger partial charge in [0.15, 0.2) is 0 Å². The summed E-state index contributed by atoms with van der Waals surface area (Å²) < 4.78 is 5.38. The van der Waals surface area contributed by atoms with Gasteiger partial charge in [0.1, 0.15) is 5.75 Å². The summed E-state index contributed by atoms with van der Waals surface area (Å²) in [6.45, 7) is 8.14. The Balaban J connectivity index is 2.00. The molecule has 0 bridgehead atoms. The van der Waals surface area contributed by atoms with Crippen molar-refractivity contribution in [2.24, 2.45) is 0 Å². The summed E-state index contributed by atoms with van der Waals surface area (Å²) in [5.41, 5.74) is 2.87. The van der Waals surface area contributed by atoms with Crippen molar-refractivity contribution in [3.05, 3.63) is 23.3 Å². The van der Waals surface area contributed by atoms with Gasteiger partial charge in [-0.25, -0.2) is 0 Å². The third-order valence-electron chi connectivity index (χ3n) is 3.66. The molecule has 0 aromatic heterocycles. The molecule has 0 radical (unpaired) electrons. The first kappa shape index (κ1) is 14.8. The summed E-state index contributed by atoms with van der Waals surface area (Å²) in [4.78, 5) is 14.3. The molecule has 0 aliphatic carbocycles. The summed E-state index contributed by atoms with van der Waals surface area (Å²) in [6, 6.07) is 3.90. The summed E-state index contributed by atoms with van der Waals surface area (Å²) in [6.07, 6.45) is 0. The van der Waals surface area contributed by atoms with E-state index in [4.69, 9.17) is 4.74 Å². The van der Waals surface area contributed by atoms with E-state index in [1.165, 1.54) is 0 Å². The topological polar surface area (TPSA) is 53.6 Å². The van der Waals surface area contributed by atoms with Gasteiger partial charge in [-0.05, 0) is 25.5 Å². The van der Waals surface area contributed by atoms with Crippen LogP contribution >= 0.6 is 0 Å². The molecule has 110 valence electrons. The zero-order valence-electron chi connectivity index (χ0n) is 12.5. The molecule has 0 atom stereocenters. The number of rotatable bonds is 4. The maximum absolute atomic E-state index is 12.1. The lowest BCUT2D eigenvalue weighted by Crippen LogP contribution is -2.46. The Morgan fingerprint density at radius 2 is 2.05 bits per heavy atom.